The molecule has 6 heteroatoms. The minimum Gasteiger partial charge on any atom is -0.492 e. The SMILES string of the molecule is CO/N=C/c1ccc(C(=O)N(C)CCOc2cccc(Cl)c2)cc1. The first-order chi connectivity index (χ1) is 11.6. The summed E-state index contributed by atoms with van der Waals surface area (Å²) in [5.41, 5.74) is 1.47. The zero-order valence-corrected chi connectivity index (χ0v) is 14.4. The maximum Gasteiger partial charge on any atom is 0.253 e. The fourth-order valence-corrected chi connectivity index (χ4v) is 2.18. The average Bonchev–Trinajstić information content (AvgIpc) is 2.60. The van der Waals surface area contributed by atoms with E-state index in [1.54, 1.807) is 42.4 Å². The van der Waals surface area contributed by atoms with Crippen molar-refractivity contribution in [2.24, 2.45) is 5.16 Å². The molecule has 0 bridgehead atoms. The topological polar surface area (TPSA) is 51.1 Å². The van der Waals surface area contributed by atoms with E-state index in [-0.39, 0.29) is 5.91 Å². The first kappa shape index (κ1) is 17.8. The number of amides is 1. The first-order valence-corrected chi connectivity index (χ1v) is 7.78. The van der Waals surface area contributed by atoms with Gasteiger partial charge >= 0.3 is 0 Å². The monoisotopic (exact) mass is 346 g/mol. The average molecular weight is 347 g/mol. The molecule has 0 unspecified atom stereocenters. The number of benzene rings is 2. The highest BCUT2D eigenvalue weighted by molar-refractivity contribution is 6.30. The van der Waals surface area contributed by atoms with Crippen molar-refractivity contribution in [2.75, 3.05) is 27.3 Å². The molecule has 0 radical (unpaired) electrons. The molecule has 5 nitrogen and oxygen atoms in total. The molecule has 126 valence electrons. The number of hydrogen-bond acceptors (Lipinski definition) is 4. The number of likely N-dealkylation sites (N-methyl/N-ethyl adjacent to an activating group) is 1. The summed E-state index contributed by atoms with van der Waals surface area (Å²) < 4.78 is 5.60. The van der Waals surface area contributed by atoms with Crippen LogP contribution in [0.25, 0.3) is 0 Å². The van der Waals surface area contributed by atoms with Crippen LogP contribution in [0, 0.1) is 0 Å². The highest BCUT2D eigenvalue weighted by atomic mass is 35.5. The summed E-state index contributed by atoms with van der Waals surface area (Å²) in [6.45, 7) is 0.861. The van der Waals surface area contributed by atoms with E-state index in [2.05, 4.69) is 9.99 Å². The first-order valence-electron chi connectivity index (χ1n) is 7.40. The molecular formula is C18H19ClN2O3. The van der Waals surface area contributed by atoms with Crippen molar-refractivity contribution in [2.45, 2.75) is 0 Å². The molecule has 0 spiro atoms. The Morgan fingerprint density at radius 3 is 2.67 bits per heavy atom. The molecule has 0 aliphatic carbocycles. The summed E-state index contributed by atoms with van der Waals surface area (Å²) in [7, 11) is 3.22. The molecule has 0 N–H and O–H groups in total. The lowest BCUT2D eigenvalue weighted by molar-refractivity contribution is 0.0774. The quantitative estimate of drug-likeness (QED) is 0.569. The van der Waals surface area contributed by atoms with Gasteiger partial charge in [0.05, 0.1) is 12.8 Å². The highest BCUT2D eigenvalue weighted by Crippen LogP contribution is 2.17. The molecule has 0 saturated heterocycles. The second-order valence-corrected chi connectivity index (χ2v) is 5.51. The predicted molar refractivity (Wildman–Crippen MR) is 95.0 cm³/mol. The predicted octanol–water partition coefficient (Wildman–Crippen LogP) is 3.47. The molecule has 0 heterocycles. The van der Waals surface area contributed by atoms with Crippen molar-refractivity contribution in [3.05, 3.63) is 64.7 Å². The Labute approximate surface area is 146 Å². The van der Waals surface area contributed by atoms with E-state index in [1.165, 1.54) is 7.11 Å². The summed E-state index contributed by atoms with van der Waals surface area (Å²) >= 11 is 5.90. The fraction of sp³-hybridized carbons (Fsp3) is 0.222. The van der Waals surface area contributed by atoms with Crippen LogP contribution in [0.3, 0.4) is 0 Å². The van der Waals surface area contributed by atoms with E-state index in [9.17, 15) is 4.79 Å². The van der Waals surface area contributed by atoms with E-state index in [0.717, 1.165) is 5.56 Å². The van der Waals surface area contributed by atoms with Crippen molar-refractivity contribution in [1.82, 2.24) is 4.90 Å². The Balaban J connectivity index is 1.86. The van der Waals surface area contributed by atoms with Crippen LogP contribution in [-0.2, 0) is 4.84 Å². The zero-order chi connectivity index (χ0) is 17.4. The van der Waals surface area contributed by atoms with Crippen LogP contribution in [0.1, 0.15) is 15.9 Å². The molecule has 1 amide bonds. The van der Waals surface area contributed by atoms with Gasteiger partial charge in [-0.05, 0) is 35.9 Å². The summed E-state index contributed by atoms with van der Waals surface area (Å²) in [6, 6.07) is 14.3. The molecule has 0 saturated carbocycles. The Kier molecular flexibility index (Phi) is 6.63. The normalized spacial score (nSPS) is 10.6. The largest absolute Gasteiger partial charge is 0.492 e. The summed E-state index contributed by atoms with van der Waals surface area (Å²) in [4.78, 5) is 18.6. The van der Waals surface area contributed by atoms with Crippen LogP contribution in [0.15, 0.2) is 53.7 Å². The Hall–Kier alpha value is -2.53. The second kappa shape index (κ2) is 8.93. The maximum atomic E-state index is 12.4. The number of oxime groups is 1. The van der Waals surface area contributed by atoms with E-state index < -0.39 is 0 Å². The highest BCUT2D eigenvalue weighted by Gasteiger charge is 2.11. The van der Waals surface area contributed by atoms with Gasteiger partial charge in [0.2, 0.25) is 0 Å². The van der Waals surface area contributed by atoms with Crippen molar-refractivity contribution >= 4 is 23.7 Å². The van der Waals surface area contributed by atoms with Crippen LogP contribution < -0.4 is 4.74 Å². The van der Waals surface area contributed by atoms with Crippen LogP contribution >= 0.6 is 11.6 Å². The Bertz CT molecular complexity index is 702. The number of carbonyl (C=O) groups is 1. The van der Waals surface area contributed by atoms with Gasteiger partial charge in [0, 0.05) is 17.6 Å². The summed E-state index contributed by atoms with van der Waals surface area (Å²) in [5, 5.41) is 4.30. The minimum absolute atomic E-state index is 0.0695. The van der Waals surface area contributed by atoms with Crippen molar-refractivity contribution in [3.63, 3.8) is 0 Å². The number of carbonyl (C=O) groups excluding carboxylic acids is 1. The number of halogens is 1. The smallest absolute Gasteiger partial charge is 0.253 e. The molecule has 2 aromatic carbocycles. The molecule has 0 aliphatic rings. The van der Waals surface area contributed by atoms with Crippen molar-refractivity contribution < 1.29 is 14.4 Å². The van der Waals surface area contributed by atoms with Gasteiger partial charge in [0.15, 0.2) is 0 Å². The van der Waals surface area contributed by atoms with Crippen molar-refractivity contribution in [1.29, 1.82) is 0 Å². The second-order valence-electron chi connectivity index (χ2n) is 5.07. The lowest BCUT2D eigenvalue weighted by atomic mass is 10.1. The molecule has 0 atom stereocenters. The Morgan fingerprint density at radius 1 is 1.25 bits per heavy atom. The molecule has 24 heavy (non-hydrogen) atoms. The number of ether oxygens (including phenoxy) is 1. The third-order valence-electron chi connectivity index (χ3n) is 3.30. The van der Waals surface area contributed by atoms with Crippen LogP contribution in [0.2, 0.25) is 5.02 Å². The zero-order valence-electron chi connectivity index (χ0n) is 13.6. The number of hydrogen-bond donors (Lipinski definition) is 0. The molecular weight excluding hydrogens is 328 g/mol. The van der Waals surface area contributed by atoms with Gasteiger partial charge in [-0.2, -0.15) is 0 Å². The fourth-order valence-electron chi connectivity index (χ4n) is 2.00. The van der Waals surface area contributed by atoms with Gasteiger partial charge in [-0.15, -0.1) is 0 Å². The molecule has 0 aromatic heterocycles. The minimum atomic E-state index is -0.0695. The molecule has 2 rings (SSSR count). The van der Waals surface area contributed by atoms with Crippen LogP contribution in [0.4, 0.5) is 0 Å². The van der Waals surface area contributed by atoms with E-state index in [4.69, 9.17) is 16.3 Å². The Morgan fingerprint density at radius 2 is 2.00 bits per heavy atom. The van der Waals surface area contributed by atoms with Gasteiger partial charge in [-0.3, -0.25) is 4.79 Å². The van der Waals surface area contributed by atoms with Gasteiger partial charge in [0.25, 0.3) is 5.91 Å². The molecule has 0 fully saturated rings. The summed E-state index contributed by atoms with van der Waals surface area (Å²) in [6.07, 6.45) is 1.58. The molecule has 0 aliphatic heterocycles. The number of rotatable bonds is 7. The molecule has 2 aromatic rings. The van der Waals surface area contributed by atoms with Gasteiger partial charge in [-0.1, -0.05) is 35.0 Å². The van der Waals surface area contributed by atoms with Gasteiger partial charge in [-0.25, -0.2) is 0 Å². The van der Waals surface area contributed by atoms with Gasteiger partial charge < -0.3 is 14.5 Å². The maximum absolute atomic E-state index is 12.4. The lowest BCUT2D eigenvalue weighted by Crippen LogP contribution is -2.30. The van der Waals surface area contributed by atoms with Gasteiger partial charge in [0.1, 0.15) is 19.5 Å². The van der Waals surface area contributed by atoms with E-state index in [0.29, 0.717) is 29.5 Å². The third kappa shape index (κ3) is 5.28. The lowest BCUT2D eigenvalue weighted by Gasteiger charge is -2.17. The van der Waals surface area contributed by atoms with E-state index >= 15 is 0 Å². The van der Waals surface area contributed by atoms with Crippen molar-refractivity contribution in [3.8, 4) is 5.75 Å². The summed E-state index contributed by atoms with van der Waals surface area (Å²) in [5.74, 6) is 0.616. The third-order valence-corrected chi connectivity index (χ3v) is 3.54. The standard InChI is InChI=1S/C18H19ClN2O3/c1-21(10-11-24-17-5-3-4-16(19)12-17)18(22)15-8-6-14(7-9-15)13-20-23-2/h3-9,12-13H,10-11H2,1-2H3/b20-13+. The van der Waals surface area contributed by atoms with Crippen LogP contribution in [-0.4, -0.2) is 44.3 Å². The number of nitrogens with zero attached hydrogens (tertiary/aromatic N) is 2. The van der Waals surface area contributed by atoms with Crippen LogP contribution in [0.5, 0.6) is 5.75 Å². The van der Waals surface area contributed by atoms with E-state index in [1.807, 2.05) is 24.3 Å².